The van der Waals surface area contributed by atoms with Gasteiger partial charge in [-0.05, 0) is 38.5 Å². The fourth-order valence-corrected chi connectivity index (χ4v) is 2.22. The molecule has 0 aromatic heterocycles. The molecule has 1 aliphatic rings. The summed E-state index contributed by atoms with van der Waals surface area (Å²) < 4.78 is 5.51. The second kappa shape index (κ2) is 7.25. The molecule has 1 rings (SSSR count). The SMILES string of the molecule is CCOCC(NC1CCC(O)CC1)C(C)C. The van der Waals surface area contributed by atoms with Gasteiger partial charge in [0.2, 0.25) is 0 Å². The summed E-state index contributed by atoms with van der Waals surface area (Å²) in [6.45, 7) is 8.08. The van der Waals surface area contributed by atoms with Crippen LogP contribution < -0.4 is 5.32 Å². The summed E-state index contributed by atoms with van der Waals surface area (Å²) in [5, 5.41) is 13.1. The Labute approximate surface area is 99.6 Å². The van der Waals surface area contributed by atoms with Gasteiger partial charge in [-0.1, -0.05) is 13.8 Å². The van der Waals surface area contributed by atoms with Crippen molar-refractivity contribution in [1.82, 2.24) is 5.32 Å². The molecule has 1 aliphatic carbocycles. The average molecular weight is 229 g/mol. The molecule has 0 heterocycles. The molecule has 1 fully saturated rings. The number of aliphatic hydroxyl groups excluding tert-OH is 1. The van der Waals surface area contributed by atoms with Crippen LogP contribution in [0.2, 0.25) is 0 Å². The van der Waals surface area contributed by atoms with E-state index >= 15 is 0 Å². The minimum Gasteiger partial charge on any atom is -0.393 e. The Morgan fingerprint density at radius 3 is 2.38 bits per heavy atom. The van der Waals surface area contributed by atoms with Crippen molar-refractivity contribution >= 4 is 0 Å². The molecule has 1 atom stereocenters. The maximum Gasteiger partial charge on any atom is 0.0622 e. The molecule has 0 radical (unpaired) electrons. The van der Waals surface area contributed by atoms with Crippen molar-refractivity contribution in [3.05, 3.63) is 0 Å². The molecule has 0 amide bonds. The van der Waals surface area contributed by atoms with Crippen LogP contribution in [0.1, 0.15) is 46.5 Å². The lowest BCUT2D eigenvalue weighted by Crippen LogP contribution is -2.46. The van der Waals surface area contributed by atoms with Gasteiger partial charge in [-0.15, -0.1) is 0 Å². The monoisotopic (exact) mass is 229 g/mol. The first-order valence-corrected chi connectivity index (χ1v) is 6.65. The van der Waals surface area contributed by atoms with E-state index in [2.05, 4.69) is 19.2 Å². The Hall–Kier alpha value is -0.120. The highest BCUT2D eigenvalue weighted by Crippen LogP contribution is 2.19. The molecule has 3 nitrogen and oxygen atoms in total. The molecule has 0 aliphatic heterocycles. The summed E-state index contributed by atoms with van der Waals surface area (Å²) >= 11 is 0. The van der Waals surface area contributed by atoms with E-state index < -0.39 is 0 Å². The van der Waals surface area contributed by atoms with Crippen LogP contribution in [-0.2, 0) is 4.74 Å². The van der Waals surface area contributed by atoms with Crippen molar-refractivity contribution in [2.75, 3.05) is 13.2 Å². The molecule has 3 heteroatoms. The molecule has 1 saturated carbocycles. The summed E-state index contributed by atoms with van der Waals surface area (Å²) in [5.74, 6) is 0.596. The summed E-state index contributed by atoms with van der Waals surface area (Å²) in [6, 6.07) is 1.01. The quantitative estimate of drug-likeness (QED) is 0.731. The van der Waals surface area contributed by atoms with Crippen LogP contribution in [0.3, 0.4) is 0 Å². The molecular weight excluding hydrogens is 202 g/mol. The van der Waals surface area contributed by atoms with Crippen molar-refractivity contribution in [3.8, 4) is 0 Å². The zero-order valence-electron chi connectivity index (χ0n) is 10.9. The maximum atomic E-state index is 9.46. The van der Waals surface area contributed by atoms with Gasteiger partial charge in [0.1, 0.15) is 0 Å². The van der Waals surface area contributed by atoms with Gasteiger partial charge in [0.25, 0.3) is 0 Å². The zero-order valence-corrected chi connectivity index (χ0v) is 10.9. The van der Waals surface area contributed by atoms with Crippen molar-refractivity contribution in [1.29, 1.82) is 0 Å². The van der Waals surface area contributed by atoms with Gasteiger partial charge in [-0.2, -0.15) is 0 Å². The smallest absolute Gasteiger partial charge is 0.0622 e. The first kappa shape index (κ1) is 13.9. The van der Waals surface area contributed by atoms with Crippen molar-refractivity contribution in [3.63, 3.8) is 0 Å². The summed E-state index contributed by atoms with van der Waals surface area (Å²) in [6.07, 6.45) is 4.00. The van der Waals surface area contributed by atoms with Gasteiger partial charge in [0.05, 0.1) is 12.7 Å². The Bertz CT molecular complexity index is 177. The van der Waals surface area contributed by atoms with E-state index in [4.69, 9.17) is 4.74 Å². The zero-order chi connectivity index (χ0) is 12.0. The number of aliphatic hydroxyl groups is 1. The maximum absolute atomic E-state index is 9.46. The van der Waals surface area contributed by atoms with E-state index in [1.165, 1.54) is 0 Å². The second-order valence-corrected chi connectivity index (χ2v) is 5.18. The van der Waals surface area contributed by atoms with Crippen LogP contribution in [0.5, 0.6) is 0 Å². The van der Waals surface area contributed by atoms with Crippen molar-refractivity contribution < 1.29 is 9.84 Å². The minimum absolute atomic E-state index is 0.0672. The summed E-state index contributed by atoms with van der Waals surface area (Å²) in [7, 11) is 0. The molecule has 2 N–H and O–H groups in total. The van der Waals surface area contributed by atoms with E-state index in [0.29, 0.717) is 18.0 Å². The number of hydrogen-bond acceptors (Lipinski definition) is 3. The molecule has 0 saturated heterocycles. The molecule has 0 aromatic rings. The van der Waals surface area contributed by atoms with Gasteiger partial charge in [-0.3, -0.25) is 0 Å². The van der Waals surface area contributed by atoms with E-state index in [1.807, 2.05) is 6.92 Å². The van der Waals surface area contributed by atoms with Crippen LogP contribution in [0.15, 0.2) is 0 Å². The summed E-state index contributed by atoms with van der Waals surface area (Å²) in [4.78, 5) is 0. The Morgan fingerprint density at radius 2 is 1.88 bits per heavy atom. The van der Waals surface area contributed by atoms with Gasteiger partial charge in [0, 0.05) is 18.7 Å². The lowest BCUT2D eigenvalue weighted by atomic mass is 9.91. The van der Waals surface area contributed by atoms with Crippen molar-refractivity contribution in [2.45, 2.75) is 64.6 Å². The van der Waals surface area contributed by atoms with Crippen LogP contribution >= 0.6 is 0 Å². The highest BCUT2D eigenvalue weighted by atomic mass is 16.5. The number of hydrogen-bond donors (Lipinski definition) is 2. The van der Waals surface area contributed by atoms with Gasteiger partial charge >= 0.3 is 0 Å². The van der Waals surface area contributed by atoms with Gasteiger partial charge < -0.3 is 15.2 Å². The number of rotatable bonds is 6. The first-order valence-electron chi connectivity index (χ1n) is 6.65. The topological polar surface area (TPSA) is 41.5 Å². The molecular formula is C13H27NO2. The molecule has 0 bridgehead atoms. The molecule has 0 spiro atoms. The first-order chi connectivity index (χ1) is 7.63. The van der Waals surface area contributed by atoms with Crippen LogP contribution in [0.25, 0.3) is 0 Å². The molecule has 0 aromatic carbocycles. The Balaban J connectivity index is 2.30. The van der Waals surface area contributed by atoms with E-state index in [0.717, 1.165) is 38.9 Å². The normalized spacial score (nSPS) is 28.3. The highest BCUT2D eigenvalue weighted by molar-refractivity contribution is 4.81. The number of ether oxygens (including phenoxy) is 1. The van der Waals surface area contributed by atoms with Crippen LogP contribution in [-0.4, -0.2) is 36.5 Å². The third-order valence-corrected chi connectivity index (χ3v) is 3.45. The fraction of sp³-hybridized carbons (Fsp3) is 1.00. The van der Waals surface area contributed by atoms with E-state index in [1.54, 1.807) is 0 Å². The fourth-order valence-electron chi connectivity index (χ4n) is 2.22. The minimum atomic E-state index is -0.0672. The van der Waals surface area contributed by atoms with E-state index in [-0.39, 0.29) is 6.10 Å². The predicted octanol–water partition coefficient (Wildman–Crippen LogP) is 1.94. The van der Waals surface area contributed by atoms with Crippen molar-refractivity contribution in [2.24, 2.45) is 5.92 Å². The van der Waals surface area contributed by atoms with Gasteiger partial charge in [0.15, 0.2) is 0 Å². The number of nitrogens with one attached hydrogen (secondary N) is 1. The van der Waals surface area contributed by atoms with E-state index in [9.17, 15) is 5.11 Å². The molecule has 96 valence electrons. The van der Waals surface area contributed by atoms with Crippen LogP contribution in [0, 0.1) is 5.92 Å². The highest BCUT2D eigenvalue weighted by Gasteiger charge is 2.23. The molecule has 1 unspecified atom stereocenters. The Morgan fingerprint density at radius 1 is 1.25 bits per heavy atom. The molecule has 16 heavy (non-hydrogen) atoms. The van der Waals surface area contributed by atoms with Gasteiger partial charge in [-0.25, -0.2) is 0 Å². The third-order valence-electron chi connectivity index (χ3n) is 3.45. The lowest BCUT2D eigenvalue weighted by Gasteiger charge is -2.32. The van der Waals surface area contributed by atoms with Crippen LogP contribution in [0.4, 0.5) is 0 Å². The Kier molecular flexibility index (Phi) is 6.32. The summed E-state index contributed by atoms with van der Waals surface area (Å²) in [5.41, 5.74) is 0. The standard InChI is InChI=1S/C13H27NO2/c1-4-16-9-13(10(2)3)14-11-5-7-12(15)8-6-11/h10-15H,4-9H2,1-3H3. The largest absolute Gasteiger partial charge is 0.393 e. The average Bonchev–Trinajstić information content (AvgIpc) is 2.26. The lowest BCUT2D eigenvalue weighted by molar-refractivity contribution is 0.0842. The second-order valence-electron chi connectivity index (χ2n) is 5.18. The third kappa shape index (κ3) is 4.81. The predicted molar refractivity (Wildman–Crippen MR) is 66.5 cm³/mol.